The summed E-state index contributed by atoms with van der Waals surface area (Å²) in [7, 11) is -3.20. The van der Waals surface area contributed by atoms with E-state index in [9.17, 15) is 13.5 Å². The molecule has 0 saturated carbocycles. The van der Waals surface area contributed by atoms with Crippen molar-refractivity contribution in [3.8, 4) is 0 Å². The summed E-state index contributed by atoms with van der Waals surface area (Å²) in [5.74, 6) is 0.525. The highest BCUT2D eigenvalue weighted by atomic mass is 32.2. The van der Waals surface area contributed by atoms with Crippen LogP contribution in [0.3, 0.4) is 0 Å². The van der Waals surface area contributed by atoms with E-state index in [0.29, 0.717) is 12.5 Å². The van der Waals surface area contributed by atoms with E-state index in [1.54, 1.807) is 24.3 Å². The maximum absolute atomic E-state index is 11.5. The molecule has 1 aromatic rings. The molecule has 0 aliphatic rings. The van der Waals surface area contributed by atoms with Crippen molar-refractivity contribution >= 4 is 9.84 Å². The van der Waals surface area contributed by atoms with E-state index in [0.717, 1.165) is 18.7 Å². The van der Waals surface area contributed by atoms with Gasteiger partial charge in [0, 0.05) is 25.9 Å². The van der Waals surface area contributed by atoms with Crippen molar-refractivity contribution in [2.45, 2.75) is 45.6 Å². The largest absolute Gasteiger partial charge is 0.387 e. The molecule has 0 amide bonds. The van der Waals surface area contributed by atoms with E-state index in [1.165, 1.54) is 6.26 Å². The molecule has 5 heteroatoms. The molecule has 0 bridgehead atoms. The second-order valence-corrected chi connectivity index (χ2v) is 10.0. The standard InChI is InChI=1S/C18H31NO3S/c1-14(2)11-19(13-18(3,4)5)12-17(20)15-7-9-16(10-8-15)23(6,21)22/h7-10,14,17,20H,11-13H2,1-6H3. The molecular weight excluding hydrogens is 310 g/mol. The van der Waals surface area contributed by atoms with Gasteiger partial charge >= 0.3 is 0 Å². The molecule has 0 saturated heterocycles. The molecule has 0 aliphatic heterocycles. The summed E-state index contributed by atoms with van der Waals surface area (Å²) >= 11 is 0. The molecule has 1 aromatic carbocycles. The highest BCUT2D eigenvalue weighted by Crippen LogP contribution is 2.21. The summed E-state index contributed by atoms with van der Waals surface area (Å²) in [4.78, 5) is 2.56. The predicted molar refractivity (Wildman–Crippen MR) is 95.2 cm³/mol. The minimum atomic E-state index is -3.20. The lowest BCUT2D eigenvalue weighted by molar-refractivity contribution is 0.0843. The van der Waals surface area contributed by atoms with E-state index >= 15 is 0 Å². The van der Waals surface area contributed by atoms with Crippen molar-refractivity contribution < 1.29 is 13.5 Å². The van der Waals surface area contributed by atoms with Crippen LogP contribution in [0.4, 0.5) is 0 Å². The van der Waals surface area contributed by atoms with Gasteiger partial charge in [0.25, 0.3) is 0 Å². The second kappa shape index (κ2) is 7.77. The Hall–Kier alpha value is -0.910. The number of aliphatic hydroxyl groups is 1. The second-order valence-electron chi connectivity index (χ2n) is 8.01. The van der Waals surface area contributed by atoms with Gasteiger partial charge in [-0.25, -0.2) is 8.42 Å². The van der Waals surface area contributed by atoms with Crippen LogP contribution >= 0.6 is 0 Å². The molecule has 1 unspecified atom stereocenters. The van der Waals surface area contributed by atoms with Crippen LogP contribution in [-0.2, 0) is 9.84 Å². The molecule has 0 fully saturated rings. The highest BCUT2D eigenvalue weighted by Gasteiger charge is 2.21. The van der Waals surface area contributed by atoms with Crippen LogP contribution in [0, 0.1) is 11.3 Å². The van der Waals surface area contributed by atoms with Crippen LogP contribution in [0.25, 0.3) is 0 Å². The molecule has 0 spiro atoms. The fraction of sp³-hybridized carbons (Fsp3) is 0.667. The lowest BCUT2D eigenvalue weighted by Gasteiger charge is -2.32. The molecule has 132 valence electrons. The molecular formula is C18H31NO3S. The first kappa shape index (κ1) is 20.1. The highest BCUT2D eigenvalue weighted by molar-refractivity contribution is 7.90. The van der Waals surface area contributed by atoms with Gasteiger partial charge < -0.3 is 5.11 Å². The third-order valence-electron chi connectivity index (χ3n) is 3.45. The Balaban J connectivity index is 2.83. The zero-order valence-electron chi connectivity index (χ0n) is 15.2. The van der Waals surface area contributed by atoms with E-state index < -0.39 is 15.9 Å². The predicted octanol–water partition coefficient (Wildman–Crippen LogP) is 3.13. The summed E-state index contributed by atoms with van der Waals surface area (Å²) in [6, 6.07) is 6.52. The molecule has 0 heterocycles. The zero-order valence-corrected chi connectivity index (χ0v) is 16.0. The molecule has 1 rings (SSSR count). The van der Waals surface area contributed by atoms with Crippen molar-refractivity contribution in [1.82, 2.24) is 4.90 Å². The summed E-state index contributed by atoms with van der Waals surface area (Å²) in [5, 5.41) is 10.5. The van der Waals surface area contributed by atoms with Crippen molar-refractivity contribution in [3.63, 3.8) is 0 Å². The summed E-state index contributed by atoms with van der Waals surface area (Å²) in [5.41, 5.74) is 0.912. The van der Waals surface area contributed by atoms with Gasteiger partial charge in [0.1, 0.15) is 0 Å². The Morgan fingerprint density at radius 1 is 1.09 bits per heavy atom. The van der Waals surface area contributed by atoms with Crippen molar-refractivity contribution in [1.29, 1.82) is 0 Å². The van der Waals surface area contributed by atoms with Gasteiger partial charge in [0.15, 0.2) is 9.84 Å². The van der Waals surface area contributed by atoms with E-state index in [2.05, 4.69) is 39.5 Å². The Morgan fingerprint density at radius 3 is 2.00 bits per heavy atom. The Morgan fingerprint density at radius 2 is 1.61 bits per heavy atom. The van der Waals surface area contributed by atoms with E-state index in [1.807, 2.05) is 0 Å². The maximum Gasteiger partial charge on any atom is 0.175 e. The van der Waals surface area contributed by atoms with E-state index in [-0.39, 0.29) is 10.3 Å². The fourth-order valence-corrected chi connectivity index (χ4v) is 3.31. The van der Waals surface area contributed by atoms with Gasteiger partial charge in [-0.2, -0.15) is 0 Å². The SMILES string of the molecule is CC(C)CN(CC(O)c1ccc(S(C)(=O)=O)cc1)CC(C)(C)C. The molecule has 0 aliphatic carbocycles. The van der Waals surface area contributed by atoms with Gasteiger partial charge in [0.2, 0.25) is 0 Å². The number of hydrogen-bond donors (Lipinski definition) is 1. The molecule has 0 radical (unpaired) electrons. The minimum absolute atomic E-state index is 0.161. The van der Waals surface area contributed by atoms with Crippen molar-refractivity contribution in [3.05, 3.63) is 29.8 Å². The molecule has 1 atom stereocenters. The number of nitrogens with zero attached hydrogens (tertiary/aromatic N) is 1. The van der Waals surface area contributed by atoms with Crippen LogP contribution in [0.5, 0.6) is 0 Å². The van der Waals surface area contributed by atoms with Gasteiger partial charge in [-0.3, -0.25) is 4.90 Å². The topological polar surface area (TPSA) is 57.6 Å². The maximum atomic E-state index is 11.5. The van der Waals surface area contributed by atoms with Crippen LogP contribution in [0.1, 0.15) is 46.3 Å². The summed E-state index contributed by atoms with van der Waals surface area (Å²) < 4.78 is 23.0. The first-order chi connectivity index (χ1) is 10.4. The first-order valence-electron chi connectivity index (χ1n) is 8.09. The molecule has 23 heavy (non-hydrogen) atoms. The number of sulfone groups is 1. The third kappa shape index (κ3) is 7.46. The number of aliphatic hydroxyl groups excluding tert-OH is 1. The average molecular weight is 342 g/mol. The number of hydrogen-bond acceptors (Lipinski definition) is 4. The lowest BCUT2D eigenvalue weighted by atomic mass is 9.95. The smallest absolute Gasteiger partial charge is 0.175 e. The third-order valence-corrected chi connectivity index (χ3v) is 4.57. The first-order valence-corrected chi connectivity index (χ1v) is 9.98. The molecule has 0 aromatic heterocycles. The quantitative estimate of drug-likeness (QED) is 0.828. The van der Waals surface area contributed by atoms with Gasteiger partial charge in [-0.1, -0.05) is 46.8 Å². The number of benzene rings is 1. The normalized spacial score (nSPS) is 14.5. The fourth-order valence-electron chi connectivity index (χ4n) is 2.68. The van der Waals surface area contributed by atoms with Crippen molar-refractivity contribution in [2.75, 3.05) is 25.9 Å². The number of rotatable bonds is 7. The zero-order chi connectivity index (χ0) is 17.8. The lowest BCUT2D eigenvalue weighted by Crippen LogP contribution is -2.38. The molecule has 1 N–H and O–H groups in total. The monoisotopic (exact) mass is 341 g/mol. The van der Waals surface area contributed by atoms with Crippen LogP contribution < -0.4 is 0 Å². The summed E-state index contributed by atoms with van der Waals surface area (Å²) in [6.45, 7) is 13.3. The van der Waals surface area contributed by atoms with Crippen LogP contribution in [-0.4, -0.2) is 44.3 Å². The Kier molecular flexibility index (Phi) is 6.81. The van der Waals surface area contributed by atoms with Gasteiger partial charge in [-0.05, 0) is 29.0 Å². The van der Waals surface area contributed by atoms with Crippen molar-refractivity contribution in [2.24, 2.45) is 11.3 Å². The van der Waals surface area contributed by atoms with Gasteiger partial charge in [-0.15, -0.1) is 0 Å². The van der Waals surface area contributed by atoms with Crippen LogP contribution in [0.15, 0.2) is 29.2 Å². The minimum Gasteiger partial charge on any atom is -0.387 e. The summed E-state index contributed by atoms with van der Waals surface area (Å²) in [6.07, 6.45) is 0.566. The van der Waals surface area contributed by atoms with Crippen LogP contribution in [0.2, 0.25) is 0 Å². The Labute approximate surface area is 141 Å². The average Bonchev–Trinajstić information content (AvgIpc) is 2.34. The van der Waals surface area contributed by atoms with E-state index in [4.69, 9.17) is 0 Å². The molecule has 4 nitrogen and oxygen atoms in total. The van der Waals surface area contributed by atoms with Gasteiger partial charge in [0.05, 0.1) is 11.0 Å². The Bertz CT molecular complexity index is 586.